The Bertz CT molecular complexity index is 957. The number of sulfonamides is 1. The zero-order valence-corrected chi connectivity index (χ0v) is 17.1. The van der Waals surface area contributed by atoms with Crippen molar-refractivity contribution in [1.82, 2.24) is 0 Å². The number of aryl methyl sites for hydroxylation is 2. The molecule has 1 aliphatic rings. The zero-order chi connectivity index (χ0) is 20.1. The average molecular weight is 403 g/mol. The smallest absolute Gasteiger partial charge is 0.262 e. The van der Waals surface area contributed by atoms with E-state index in [1.54, 1.807) is 12.1 Å². The van der Waals surface area contributed by atoms with Crippen molar-refractivity contribution < 1.29 is 17.9 Å². The predicted molar refractivity (Wildman–Crippen MR) is 111 cm³/mol. The van der Waals surface area contributed by atoms with Crippen LogP contribution in [0.4, 0.5) is 11.4 Å². The number of fused-ring (bicyclic) bond motifs is 1. The van der Waals surface area contributed by atoms with Gasteiger partial charge in [0.15, 0.2) is 6.61 Å². The summed E-state index contributed by atoms with van der Waals surface area (Å²) in [6, 6.07) is 12.9. The average Bonchev–Trinajstić information content (AvgIpc) is 2.66. The number of carbonyl (C=O) groups excluding carboxylic acids is 1. The van der Waals surface area contributed by atoms with Gasteiger partial charge >= 0.3 is 0 Å². The summed E-state index contributed by atoms with van der Waals surface area (Å²) in [6.07, 6.45) is 2.14. The summed E-state index contributed by atoms with van der Waals surface area (Å²) in [5, 5.41) is 2.83. The van der Waals surface area contributed by atoms with E-state index in [-0.39, 0.29) is 18.3 Å². The summed E-state index contributed by atoms with van der Waals surface area (Å²) in [7, 11) is -3.30. The molecule has 0 bridgehead atoms. The SMILES string of the molecule is CCCS(=O)(=O)N1CCCc2cc(NC(=O)COc3ccccc3C)ccc21. The lowest BCUT2D eigenvalue weighted by molar-refractivity contribution is -0.118. The van der Waals surface area contributed by atoms with Crippen LogP contribution < -0.4 is 14.4 Å². The van der Waals surface area contributed by atoms with Crippen LogP contribution in [-0.2, 0) is 21.2 Å². The number of carbonyl (C=O) groups is 1. The molecule has 1 heterocycles. The highest BCUT2D eigenvalue weighted by atomic mass is 32.2. The van der Waals surface area contributed by atoms with E-state index in [4.69, 9.17) is 4.74 Å². The quantitative estimate of drug-likeness (QED) is 0.769. The molecule has 0 unspecified atom stereocenters. The minimum absolute atomic E-state index is 0.0844. The van der Waals surface area contributed by atoms with Crippen LogP contribution in [0, 0.1) is 6.92 Å². The van der Waals surface area contributed by atoms with E-state index in [9.17, 15) is 13.2 Å². The minimum Gasteiger partial charge on any atom is -0.483 e. The van der Waals surface area contributed by atoms with Crippen LogP contribution in [0.1, 0.15) is 30.9 Å². The Morgan fingerprint density at radius 1 is 1.21 bits per heavy atom. The molecule has 1 N–H and O–H groups in total. The Balaban J connectivity index is 1.68. The lowest BCUT2D eigenvalue weighted by atomic mass is 10.0. The van der Waals surface area contributed by atoms with Crippen molar-refractivity contribution in [2.75, 3.05) is 28.5 Å². The summed E-state index contributed by atoms with van der Waals surface area (Å²) < 4.78 is 32.1. The van der Waals surface area contributed by atoms with Gasteiger partial charge in [-0.2, -0.15) is 0 Å². The van der Waals surface area contributed by atoms with E-state index in [0.717, 1.165) is 24.0 Å². The summed E-state index contributed by atoms with van der Waals surface area (Å²) in [6.45, 7) is 4.21. The lowest BCUT2D eigenvalue weighted by Gasteiger charge is -2.30. The normalized spacial score (nSPS) is 13.7. The van der Waals surface area contributed by atoms with Gasteiger partial charge < -0.3 is 10.1 Å². The van der Waals surface area contributed by atoms with Crippen molar-refractivity contribution in [3.8, 4) is 5.75 Å². The van der Waals surface area contributed by atoms with Gasteiger partial charge in [0.25, 0.3) is 5.91 Å². The third-order valence-electron chi connectivity index (χ3n) is 4.69. The van der Waals surface area contributed by atoms with E-state index >= 15 is 0 Å². The van der Waals surface area contributed by atoms with Gasteiger partial charge in [-0.15, -0.1) is 0 Å². The molecular weight excluding hydrogens is 376 g/mol. The summed E-state index contributed by atoms with van der Waals surface area (Å²) in [5.74, 6) is 0.565. The molecule has 0 aliphatic carbocycles. The molecule has 0 atom stereocenters. The molecule has 0 fully saturated rings. The highest BCUT2D eigenvalue weighted by Gasteiger charge is 2.26. The fourth-order valence-electron chi connectivity index (χ4n) is 3.36. The molecule has 2 aromatic carbocycles. The summed E-state index contributed by atoms with van der Waals surface area (Å²) in [4.78, 5) is 12.2. The third kappa shape index (κ3) is 4.65. The van der Waals surface area contributed by atoms with E-state index in [1.165, 1.54) is 4.31 Å². The van der Waals surface area contributed by atoms with Crippen molar-refractivity contribution in [1.29, 1.82) is 0 Å². The van der Waals surface area contributed by atoms with Crippen LogP contribution in [0.3, 0.4) is 0 Å². The van der Waals surface area contributed by atoms with Crippen molar-refractivity contribution in [2.24, 2.45) is 0 Å². The third-order valence-corrected chi connectivity index (χ3v) is 6.66. The van der Waals surface area contributed by atoms with E-state index in [1.807, 2.05) is 44.2 Å². The van der Waals surface area contributed by atoms with Crippen LogP contribution in [0.2, 0.25) is 0 Å². The summed E-state index contributed by atoms with van der Waals surface area (Å²) in [5.41, 5.74) is 3.27. The maximum Gasteiger partial charge on any atom is 0.262 e. The second-order valence-corrected chi connectivity index (χ2v) is 8.95. The van der Waals surface area contributed by atoms with Crippen LogP contribution in [0.25, 0.3) is 0 Å². The highest BCUT2D eigenvalue weighted by Crippen LogP contribution is 2.32. The largest absolute Gasteiger partial charge is 0.483 e. The molecule has 3 rings (SSSR count). The maximum atomic E-state index is 12.5. The maximum absolute atomic E-state index is 12.5. The first kappa shape index (κ1) is 20.2. The van der Waals surface area contributed by atoms with Crippen LogP contribution in [0.15, 0.2) is 42.5 Å². The first-order valence-electron chi connectivity index (χ1n) is 9.52. The predicted octanol–water partition coefficient (Wildman–Crippen LogP) is 3.50. The van der Waals surface area contributed by atoms with Gasteiger partial charge in [-0.1, -0.05) is 25.1 Å². The number of hydrogen-bond donors (Lipinski definition) is 1. The molecule has 6 nitrogen and oxygen atoms in total. The number of anilines is 2. The second-order valence-electron chi connectivity index (χ2n) is 6.94. The molecule has 1 aliphatic heterocycles. The number of rotatable bonds is 7. The molecule has 0 saturated carbocycles. The van der Waals surface area contributed by atoms with Gasteiger partial charge in [-0.25, -0.2) is 8.42 Å². The van der Waals surface area contributed by atoms with Gasteiger partial charge in [0.2, 0.25) is 10.0 Å². The molecule has 150 valence electrons. The van der Waals surface area contributed by atoms with Gasteiger partial charge in [0, 0.05) is 12.2 Å². The molecule has 0 spiro atoms. The highest BCUT2D eigenvalue weighted by molar-refractivity contribution is 7.92. The van der Waals surface area contributed by atoms with E-state index in [0.29, 0.717) is 30.1 Å². The Kier molecular flexibility index (Phi) is 6.24. The van der Waals surface area contributed by atoms with Crippen molar-refractivity contribution in [3.63, 3.8) is 0 Å². The molecule has 0 radical (unpaired) electrons. The number of benzene rings is 2. The first-order valence-corrected chi connectivity index (χ1v) is 11.1. The molecule has 2 aromatic rings. The first-order chi connectivity index (χ1) is 13.4. The Morgan fingerprint density at radius 2 is 2.00 bits per heavy atom. The van der Waals surface area contributed by atoms with Gasteiger partial charge in [0.05, 0.1) is 11.4 Å². The van der Waals surface area contributed by atoms with Gasteiger partial charge in [-0.3, -0.25) is 9.10 Å². The van der Waals surface area contributed by atoms with Crippen LogP contribution >= 0.6 is 0 Å². The summed E-state index contributed by atoms with van der Waals surface area (Å²) >= 11 is 0. The number of amides is 1. The van der Waals surface area contributed by atoms with Crippen molar-refractivity contribution >= 4 is 27.3 Å². The monoisotopic (exact) mass is 402 g/mol. The van der Waals surface area contributed by atoms with Crippen LogP contribution in [-0.4, -0.2) is 33.2 Å². The van der Waals surface area contributed by atoms with Crippen molar-refractivity contribution in [3.05, 3.63) is 53.6 Å². The zero-order valence-electron chi connectivity index (χ0n) is 16.3. The second kappa shape index (κ2) is 8.65. The molecule has 1 amide bonds. The van der Waals surface area contributed by atoms with Gasteiger partial charge in [0.1, 0.15) is 5.75 Å². The van der Waals surface area contributed by atoms with E-state index < -0.39 is 10.0 Å². The Hall–Kier alpha value is -2.54. The number of ether oxygens (including phenoxy) is 1. The standard InChI is InChI=1S/C21H26N2O4S/c1-3-13-28(25,26)23-12-6-8-17-14-18(10-11-19(17)23)22-21(24)15-27-20-9-5-4-7-16(20)2/h4-5,7,9-11,14H,3,6,8,12-13,15H2,1-2H3,(H,22,24). The van der Waals surface area contributed by atoms with E-state index in [2.05, 4.69) is 5.32 Å². The number of hydrogen-bond acceptors (Lipinski definition) is 4. The fraction of sp³-hybridized carbons (Fsp3) is 0.381. The molecular formula is C21H26N2O4S. The van der Waals surface area contributed by atoms with Crippen molar-refractivity contribution in [2.45, 2.75) is 33.1 Å². The number of para-hydroxylation sites is 1. The van der Waals surface area contributed by atoms with Crippen LogP contribution in [0.5, 0.6) is 5.75 Å². The van der Waals surface area contributed by atoms with Gasteiger partial charge in [-0.05, 0) is 61.6 Å². The Morgan fingerprint density at radius 3 is 2.75 bits per heavy atom. The molecule has 0 aromatic heterocycles. The Labute approximate surface area is 166 Å². The number of nitrogens with one attached hydrogen (secondary N) is 1. The lowest BCUT2D eigenvalue weighted by Crippen LogP contribution is -2.37. The molecule has 28 heavy (non-hydrogen) atoms. The number of nitrogens with zero attached hydrogens (tertiary/aromatic N) is 1. The fourth-order valence-corrected chi connectivity index (χ4v) is 4.98. The molecule has 7 heteroatoms. The topological polar surface area (TPSA) is 75.7 Å². The molecule has 0 saturated heterocycles. The minimum atomic E-state index is -3.30.